The molecular formula is C16H16O. The van der Waals surface area contributed by atoms with E-state index in [1.165, 1.54) is 16.7 Å². The van der Waals surface area contributed by atoms with Crippen LogP contribution in [0.2, 0.25) is 0 Å². The van der Waals surface area contributed by atoms with Gasteiger partial charge in [0.05, 0.1) is 0 Å². The van der Waals surface area contributed by atoms with Gasteiger partial charge in [-0.15, -0.1) is 0 Å². The molecule has 0 fully saturated rings. The fourth-order valence-electron chi connectivity index (χ4n) is 2.47. The predicted octanol–water partition coefficient (Wildman–Crippen LogP) is 4.06. The lowest BCUT2D eigenvalue weighted by Gasteiger charge is -2.27. The summed E-state index contributed by atoms with van der Waals surface area (Å²) in [4.78, 5) is 0. The number of hydrogen-bond donors (Lipinski definition) is 0. The van der Waals surface area contributed by atoms with Crippen molar-refractivity contribution in [2.45, 2.75) is 25.9 Å². The third-order valence-electron chi connectivity index (χ3n) is 3.40. The fraction of sp³-hybridized carbons (Fsp3) is 0.250. The maximum Gasteiger partial charge on any atom is 0.126 e. The number of para-hydroxylation sites is 1. The lowest BCUT2D eigenvalue weighted by Crippen LogP contribution is -2.15. The number of rotatable bonds is 1. The zero-order valence-corrected chi connectivity index (χ0v) is 10.0. The van der Waals surface area contributed by atoms with Crippen molar-refractivity contribution in [2.75, 3.05) is 0 Å². The van der Waals surface area contributed by atoms with Gasteiger partial charge in [0.2, 0.25) is 0 Å². The van der Waals surface area contributed by atoms with Gasteiger partial charge in [0, 0.05) is 0 Å². The average Bonchev–Trinajstić information content (AvgIpc) is 2.40. The van der Waals surface area contributed by atoms with Crippen LogP contribution < -0.4 is 4.74 Å². The van der Waals surface area contributed by atoms with E-state index in [0.717, 1.165) is 18.6 Å². The predicted molar refractivity (Wildman–Crippen MR) is 69.3 cm³/mol. The first kappa shape index (κ1) is 10.4. The largest absolute Gasteiger partial charge is 0.485 e. The summed E-state index contributed by atoms with van der Waals surface area (Å²) < 4.78 is 6.15. The van der Waals surface area contributed by atoms with E-state index in [2.05, 4.69) is 49.4 Å². The smallest absolute Gasteiger partial charge is 0.126 e. The molecule has 1 aliphatic heterocycles. The Labute approximate surface area is 102 Å². The fourth-order valence-corrected chi connectivity index (χ4v) is 2.47. The van der Waals surface area contributed by atoms with Crippen LogP contribution in [0.15, 0.2) is 48.5 Å². The van der Waals surface area contributed by atoms with Gasteiger partial charge in [-0.3, -0.25) is 0 Å². The summed E-state index contributed by atoms with van der Waals surface area (Å²) in [5, 5.41) is 0. The topological polar surface area (TPSA) is 9.23 Å². The van der Waals surface area contributed by atoms with Crippen LogP contribution in [0, 0.1) is 6.92 Å². The molecule has 0 amide bonds. The van der Waals surface area contributed by atoms with Crippen LogP contribution in [0.3, 0.4) is 0 Å². The normalized spacial score (nSPS) is 18.3. The van der Waals surface area contributed by atoms with E-state index in [-0.39, 0.29) is 6.10 Å². The Morgan fingerprint density at radius 1 is 1.00 bits per heavy atom. The first-order valence-electron chi connectivity index (χ1n) is 6.15. The maximum absolute atomic E-state index is 6.15. The Morgan fingerprint density at radius 3 is 2.65 bits per heavy atom. The van der Waals surface area contributed by atoms with Gasteiger partial charge in [-0.2, -0.15) is 0 Å². The molecule has 1 atom stereocenters. The van der Waals surface area contributed by atoms with Crippen molar-refractivity contribution in [3.63, 3.8) is 0 Å². The molecule has 3 rings (SSSR count). The van der Waals surface area contributed by atoms with Crippen LogP contribution in [0.1, 0.15) is 29.2 Å². The van der Waals surface area contributed by atoms with Gasteiger partial charge >= 0.3 is 0 Å². The van der Waals surface area contributed by atoms with Crippen molar-refractivity contribution in [2.24, 2.45) is 0 Å². The molecule has 1 heteroatoms. The zero-order valence-electron chi connectivity index (χ0n) is 10.0. The Hall–Kier alpha value is -1.76. The van der Waals surface area contributed by atoms with E-state index in [1.807, 2.05) is 6.07 Å². The summed E-state index contributed by atoms with van der Waals surface area (Å²) in [5.41, 5.74) is 3.86. The quantitative estimate of drug-likeness (QED) is 0.709. The third kappa shape index (κ3) is 1.93. The molecule has 0 aromatic heterocycles. The highest BCUT2D eigenvalue weighted by Gasteiger charge is 2.21. The van der Waals surface area contributed by atoms with E-state index in [9.17, 15) is 0 Å². The minimum atomic E-state index is 0.213. The molecule has 86 valence electrons. The Morgan fingerprint density at radius 2 is 1.82 bits per heavy atom. The molecule has 0 saturated heterocycles. The second-order valence-corrected chi connectivity index (χ2v) is 4.62. The van der Waals surface area contributed by atoms with Crippen molar-refractivity contribution in [3.05, 3.63) is 65.2 Å². The van der Waals surface area contributed by atoms with Crippen LogP contribution in [0.25, 0.3) is 0 Å². The summed E-state index contributed by atoms with van der Waals surface area (Å²) in [5.74, 6) is 1.09. The summed E-state index contributed by atoms with van der Waals surface area (Å²) in [6, 6.07) is 16.9. The monoisotopic (exact) mass is 224 g/mol. The van der Waals surface area contributed by atoms with Gasteiger partial charge in [-0.1, -0.05) is 48.5 Å². The van der Waals surface area contributed by atoms with Crippen LogP contribution in [-0.2, 0) is 6.42 Å². The molecule has 0 radical (unpaired) electrons. The van der Waals surface area contributed by atoms with E-state index in [0.29, 0.717) is 0 Å². The molecule has 0 saturated carbocycles. The lowest BCUT2D eigenvalue weighted by molar-refractivity contribution is 0.175. The third-order valence-corrected chi connectivity index (χ3v) is 3.40. The molecule has 1 aliphatic rings. The van der Waals surface area contributed by atoms with Crippen LogP contribution in [0.4, 0.5) is 0 Å². The SMILES string of the molecule is Cc1cccc2c1OC(c1ccccc1)CC2. The summed E-state index contributed by atoms with van der Waals surface area (Å²) in [7, 11) is 0. The number of hydrogen-bond acceptors (Lipinski definition) is 1. The Balaban J connectivity index is 1.93. The van der Waals surface area contributed by atoms with Gasteiger partial charge in [-0.25, -0.2) is 0 Å². The van der Waals surface area contributed by atoms with E-state index < -0.39 is 0 Å². The number of ether oxygens (including phenoxy) is 1. The maximum atomic E-state index is 6.15. The second kappa shape index (κ2) is 4.25. The highest BCUT2D eigenvalue weighted by molar-refractivity contribution is 5.43. The molecular weight excluding hydrogens is 208 g/mol. The van der Waals surface area contributed by atoms with Crippen LogP contribution >= 0.6 is 0 Å². The van der Waals surface area contributed by atoms with Crippen LogP contribution in [-0.4, -0.2) is 0 Å². The Bertz CT molecular complexity index is 516. The van der Waals surface area contributed by atoms with E-state index in [4.69, 9.17) is 4.74 Å². The van der Waals surface area contributed by atoms with Crippen LogP contribution in [0.5, 0.6) is 5.75 Å². The van der Waals surface area contributed by atoms with Gasteiger partial charge in [0.1, 0.15) is 11.9 Å². The van der Waals surface area contributed by atoms with E-state index >= 15 is 0 Å². The first-order valence-corrected chi connectivity index (χ1v) is 6.15. The second-order valence-electron chi connectivity index (χ2n) is 4.62. The molecule has 1 nitrogen and oxygen atoms in total. The van der Waals surface area contributed by atoms with Crippen molar-refractivity contribution in [1.82, 2.24) is 0 Å². The average molecular weight is 224 g/mol. The van der Waals surface area contributed by atoms with Crippen molar-refractivity contribution < 1.29 is 4.74 Å². The molecule has 0 N–H and O–H groups in total. The van der Waals surface area contributed by atoms with Gasteiger partial charge in [-0.05, 0) is 36.5 Å². The van der Waals surface area contributed by atoms with Crippen molar-refractivity contribution >= 4 is 0 Å². The lowest BCUT2D eigenvalue weighted by atomic mass is 9.96. The molecule has 2 aromatic carbocycles. The molecule has 1 heterocycles. The summed E-state index contributed by atoms with van der Waals surface area (Å²) in [6.07, 6.45) is 2.39. The molecule has 0 bridgehead atoms. The first-order chi connectivity index (χ1) is 8.34. The van der Waals surface area contributed by atoms with Gasteiger partial charge < -0.3 is 4.74 Å². The van der Waals surface area contributed by atoms with Gasteiger partial charge in [0.15, 0.2) is 0 Å². The van der Waals surface area contributed by atoms with E-state index in [1.54, 1.807) is 0 Å². The Kier molecular flexibility index (Phi) is 2.60. The standard InChI is InChI=1S/C16H16O/c1-12-6-5-9-14-10-11-15(17-16(12)14)13-7-3-2-4-8-13/h2-9,15H,10-11H2,1H3. The minimum absolute atomic E-state index is 0.213. The molecule has 1 unspecified atom stereocenters. The molecule has 0 aliphatic carbocycles. The highest BCUT2D eigenvalue weighted by atomic mass is 16.5. The van der Waals surface area contributed by atoms with Crippen molar-refractivity contribution in [3.8, 4) is 5.75 Å². The zero-order chi connectivity index (χ0) is 11.7. The molecule has 17 heavy (non-hydrogen) atoms. The minimum Gasteiger partial charge on any atom is -0.485 e. The van der Waals surface area contributed by atoms with Crippen molar-refractivity contribution in [1.29, 1.82) is 0 Å². The summed E-state index contributed by atoms with van der Waals surface area (Å²) >= 11 is 0. The van der Waals surface area contributed by atoms with Gasteiger partial charge in [0.25, 0.3) is 0 Å². The number of benzene rings is 2. The number of aryl methyl sites for hydroxylation is 2. The highest BCUT2D eigenvalue weighted by Crippen LogP contribution is 2.36. The number of fused-ring (bicyclic) bond motifs is 1. The molecule has 0 spiro atoms. The summed E-state index contributed by atoms with van der Waals surface area (Å²) in [6.45, 7) is 2.12. The molecule has 2 aromatic rings.